The smallest absolute Gasteiger partial charge is 0.241 e. The highest BCUT2D eigenvalue weighted by atomic mass is 35.5. The topological polar surface area (TPSA) is 44.4 Å². The van der Waals surface area contributed by atoms with Crippen LogP contribution < -0.4 is 10.9 Å². The Bertz CT molecular complexity index is 364. The van der Waals surface area contributed by atoms with E-state index in [-0.39, 0.29) is 24.2 Å². The summed E-state index contributed by atoms with van der Waals surface area (Å²) in [5.74, 6) is 0.240. The van der Waals surface area contributed by atoms with Crippen molar-refractivity contribution in [1.29, 1.82) is 0 Å². The maximum absolute atomic E-state index is 11.9. The van der Waals surface area contributed by atoms with E-state index in [1.54, 1.807) is 0 Å². The van der Waals surface area contributed by atoms with E-state index in [1.165, 1.54) is 0 Å². The molecular weight excluding hydrogens is 250 g/mol. The zero-order valence-corrected chi connectivity index (χ0v) is 11.4. The van der Waals surface area contributed by atoms with Crippen LogP contribution in [0.3, 0.4) is 0 Å². The Balaban J connectivity index is 0.00000162. The Morgan fingerprint density at radius 1 is 1.22 bits per heavy atom. The highest BCUT2D eigenvalue weighted by molar-refractivity contribution is 5.85. The number of carbonyl (C=O) groups excluding carboxylic acids is 1. The molecule has 0 radical (unpaired) electrons. The Labute approximate surface area is 114 Å². The second kappa shape index (κ2) is 7.24. The van der Waals surface area contributed by atoms with E-state index >= 15 is 0 Å². The number of amides is 1. The summed E-state index contributed by atoms with van der Waals surface area (Å²) in [5, 5.41) is 0. The number of anilines is 1. The molecule has 1 saturated heterocycles. The number of benzene rings is 1. The van der Waals surface area contributed by atoms with E-state index in [0.29, 0.717) is 0 Å². The molecule has 2 N–H and O–H groups in total. The van der Waals surface area contributed by atoms with Gasteiger partial charge in [-0.3, -0.25) is 15.6 Å². The van der Waals surface area contributed by atoms with Gasteiger partial charge in [0.25, 0.3) is 0 Å². The summed E-state index contributed by atoms with van der Waals surface area (Å²) >= 11 is 0. The third kappa shape index (κ3) is 4.20. The van der Waals surface area contributed by atoms with Gasteiger partial charge in [0, 0.05) is 5.92 Å². The quantitative estimate of drug-likeness (QED) is 0.824. The van der Waals surface area contributed by atoms with Crippen molar-refractivity contribution < 1.29 is 4.79 Å². The van der Waals surface area contributed by atoms with Crippen molar-refractivity contribution in [3.63, 3.8) is 0 Å². The number of piperidine rings is 1. The van der Waals surface area contributed by atoms with Gasteiger partial charge in [0.15, 0.2) is 0 Å². The Hall–Kier alpha value is -1.26. The van der Waals surface area contributed by atoms with E-state index < -0.39 is 0 Å². The molecule has 18 heavy (non-hydrogen) atoms. The molecule has 0 bridgehead atoms. The monoisotopic (exact) mass is 269 g/mol. The summed E-state index contributed by atoms with van der Waals surface area (Å²) in [5.41, 5.74) is 6.63. The standard InChI is InChI=1S/C13H19N3O.ClH/c1-16-9-7-11(8-10-16)13(17)15-14-12-5-3-2-4-6-12;/h2-6,11,14H,7-10H2,1H3,(H,15,17);1H. The lowest BCUT2D eigenvalue weighted by molar-refractivity contribution is -0.125. The summed E-state index contributed by atoms with van der Waals surface area (Å²) in [7, 11) is 2.09. The summed E-state index contributed by atoms with van der Waals surface area (Å²) in [6, 6.07) is 9.67. The fourth-order valence-corrected chi connectivity index (χ4v) is 2.03. The second-order valence-electron chi connectivity index (χ2n) is 4.56. The molecule has 0 saturated carbocycles. The molecule has 1 aliphatic heterocycles. The molecule has 1 heterocycles. The molecule has 1 amide bonds. The van der Waals surface area contributed by atoms with Gasteiger partial charge in [-0.2, -0.15) is 0 Å². The van der Waals surface area contributed by atoms with Crippen LogP contribution in [0.4, 0.5) is 5.69 Å². The first-order chi connectivity index (χ1) is 8.25. The lowest BCUT2D eigenvalue weighted by Crippen LogP contribution is -2.40. The van der Waals surface area contributed by atoms with Gasteiger partial charge in [-0.05, 0) is 45.1 Å². The first-order valence-electron chi connectivity index (χ1n) is 6.05. The van der Waals surface area contributed by atoms with E-state index in [2.05, 4.69) is 22.8 Å². The van der Waals surface area contributed by atoms with Crippen molar-refractivity contribution in [2.45, 2.75) is 12.8 Å². The summed E-state index contributed by atoms with van der Waals surface area (Å²) < 4.78 is 0. The lowest BCUT2D eigenvalue weighted by atomic mass is 9.97. The molecule has 100 valence electrons. The van der Waals surface area contributed by atoms with Crippen molar-refractivity contribution in [3.05, 3.63) is 30.3 Å². The zero-order valence-electron chi connectivity index (χ0n) is 10.6. The number of halogens is 1. The largest absolute Gasteiger partial charge is 0.306 e. The van der Waals surface area contributed by atoms with E-state index in [0.717, 1.165) is 31.6 Å². The normalized spacial score (nSPS) is 16.7. The van der Waals surface area contributed by atoms with Crippen molar-refractivity contribution in [2.75, 3.05) is 25.6 Å². The predicted octanol–water partition coefficient (Wildman–Crippen LogP) is 1.89. The van der Waals surface area contributed by atoms with Crippen LogP contribution in [-0.2, 0) is 4.79 Å². The number of para-hydroxylation sites is 1. The van der Waals surface area contributed by atoms with Gasteiger partial charge < -0.3 is 4.90 Å². The number of nitrogens with one attached hydrogen (secondary N) is 2. The lowest BCUT2D eigenvalue weighted by Gasteiger charge is -2.28. The average Bonchev–Trinajstić information content (AvgIpc) is 2.38. The SMILES string of the molecule is CN1CCC(C(=O)NNc2ccccc2)CC1.Cl. The fourth-order valence-electron chi connectivity index (χ4n) is 2.03. The number of hydrazine groups is 1. The summed E-state index contributed by atoms with van der Waals surface area (Å²) in [4.78, 5) is 14.1. The number of hydrogen-bond acceptors (Lipinski definition) is 3. The molecular formula is C13H20ClN3O. The Kier molecular flexibility index (Phi) is 5.95. The summed E-state index contributed by atoms with van der Waals surface area (Å²) in [6.45, 7) is 2.01. The maximum Gasteiger partial charge on any atom is 0.241 e. The molecule has 1 aromatic carbocycles. The van der Waals surface area contributed by atoms with Crippen LogP contribution in [0, 0.1) is 5.92 Å². The van der Waals surface area contributed by atoms with Crippen molar-refractivity contribution in [3.8, 4) is 0 Å². The van der Waals surface area contributed by atoms with Crippen molar-refractivity contribution >= 4 is 24.0 Å². The second-order valence-corrected chi connectivity index (χ2v) is 4.56. The van der Waals surface area contributed by atoms with Crippen molar-refractivity contribution in [2.24, 2.45) is 5.92 Å². The minimum atomic E-state index is 0. The van der Waals surface area contributed by atoms with Crippen molar-refractivity contribution in [1.82, 2.24) is 10.3 Å². The minimum Gasteiger partial charge on any atom is -0.306 e. The van der Waals surface area contributed by atoms with Crippen LogP contribution in [0.2, 0.25) is 0 Å². The van der Waals surface area contributed by atoms with Gasteiger partial charge >= 0.3 is 0 Å². The maximum atomic E-state index is 11.9. The molecule has 2 rings (SSSR count). The molecule has 1 aliphatic rings. The fraction of sp³-hybridized carbons (Fsp3) is 0.462. The first-order valence-corrected chi connectivity index (χ1v) is 6.05. The van der Waals surface area contributed by atoms with E-state index in [4.69, 9.17) is 0 Å². The zero-order chi connectivity index (χ0) is 12.1. The van der Waals surface area contributed by atoms with Crippen LogP contribution in [0.15, 0.2) is 30.3 Å². The van der Waals surface area contributed by atoms with Gasteiger partial charge in [0.05, 0.1) is 5.69 Å². The molecule has 0 atom stereocenters. The van der Waals surface area contributed by atoms with Gasteiger partial charge in [0.2, 0.25) is 5.91 Å². The highest BCUT2D eigenvalue weighted by Gasteiger charge is 2.22. The number of hydrogen-bond donors (Lipinski definition) is 2. The van der Waals surface area contributed by atoms with Gasteiger partial charge in [0.1, 0.15) is 0 Å². The summed E-state index contributed by atoms with van der Waals surface area (Å²) in [6.07, 6.45) is 1.89. The van der Waals surface area contributed by atoms with Gasteiger partial charge in [-0.25, -0.2) is 0 Å². The number of rotatable bonds is 3. The van der Waals surface area contributed by atoms with Gasteiger partial charge in [-0.15, -0.1) is 12.4 Å². The first kappa shape index (κ1) is 14.8. The van der Waals surface area contributed by atoms with Crippen LogP contribution in [0.1, 0.15) is 12.8 Å². The van der Waals surface area contributed by atoms with Gasteiger partial charge in [-0.1, -0.05) is 18.2 Å². The van der Waals surface area contributed by atoms with Crippen LogP contribution in [0.5, 0.6) is 0 Å². The average molecular weight is 270 g/mol. The number of likely N-dealkylation sites (tertiary alicyclic amines) is 1. The highest BCUT2D eigenvalue weighted by Crippen LogP contribution is 2.15. The molecule has 1 aromatic rings. The molecule has 0 spiro atoms. The molecule has 0 aromatic heterocycles. The number of carbonyl (C=O) groups is 1. The molecule has 4 nitrogen and oxygen atoms in total. The molecule has 5 heteroatoms. The van der Waals surface area contributed by atoms with E-state index in [1.807, 2.05) is 30.3 Å². The predicted molar refractivity (Wildman–Crippen MR) is 75.7 cm³/mol. The third-order valence-corrected chi connectivity index (χ3v) is 3.19. The number of nitrogens with zero attached hydrogens (tertiary/aromatic N) is 1. The third-order valence-electron chi connectivity index (χ3n) is 3.19. The van der Waals surface area contributed by atoms with Crippen LogP contribution >= 0.6 is 12.4 Å². The van der Waals surface area contributed by atoms with E-state index in [9.17, 15) is 4.79 Å². The Morgan fingerprint density at radius 3 is 2.44 bits per heavy atom. The van der Waals surface area contributed by atoms with Crippen LogP contribution in [-0.4, -0.2) is 30.9 Å². The molecule has 0 unspecified atom stereocenters. The van der Waals surface area contributed by atoms with Crippen LogP contribution in [0.25, 0.3) is 0 Å². The molecule has 0 aliphatic carbocycles. The Morgan fingerprint density at radius 2 is 1.83 bits per heavy atom. The minimum absolute atomic E-state index is 0. The molecule has 1 fully saturated rings.